The van der Waals surface area contributed by atoms with Crippen LogP contribution >= 0.6 is 11.6 Å². The molecule has 0 spiro atoms. The van der Waals surface area contributed by atoms with E-state index in [-0.39, 0.29) is 11.6 Å². The standard InChI is InChI=1S/C18H25ClN6O/c1-13-12-14(2)25(23-13)16-5-4-15(19)17(22-16)18(26)21-6-3-9-24-10-7-20-8-11-24/h4-5,12,20H,3,6-11H2,1-2H3,(H,21,26). The molecule has 2 N–H and O–H groups in total. The van der Waals surface area contributed by atoms with E-state index >= 15 is 0 Å². The van der Waals surface area contributed by atoms with Crippen molar-refractivity contribution in [2.75, 3.05) is 39.3 Å². The lowest BCUT2D eigenvalue weighted by Crippen LogP contribution is -2.44. The molecule has 0 radical (unpaired) electrons. The van der Waals surface area contributed by atoms with E-state index < -0.39 is 0 Å². The van der Waals surface area contributed by atoms with Crippen molar-refractivity contribution in [3.05, 3.63) is 40.3 Å². The highest BCUT2D eigenvalue weighted by Gasteiger charge is 2.15. The number of hydrogen-bond acceptors (Lipinski definition) is 5. The molecule has 0 aliphatic carbocycles. The van der Waals surface area contributed by atoms with Crippen molar-refractivity contribution in [3.63, 3.8) is 0 Å². The third kappa shape index (κ3) is 4.60. The summed E-state index contributed by atoms with van der Waals surface area (Å²) in [6, 6.07) is 5.42. The summed E-state index contributed by atoms with van der Waals surface area (Å²) in [7, 11) is 0. The molecule has 7 nitrogen and oxygen atoms in total. The van der Waals surface area contributed by atoms with Gasteiger partial charge >= 0.3 is 0 Å². The average molecular weight is 377 g/mol. The van der Waals surface area contributed by atoms with E-state index in [4.69, 9.17) is 11.6 Å². The van der Waals surface area contributed by atoms with E-state index in [1.807, 2.05) is 19.9 Å². The Morgan fingerprint density at radius 1 is 1.31 bits per heavy atom. The highest BCUT2D eigenvalue weighted by Crippen LogP contribution is 2.17. The van der Waals surface area contributed by atoms with E-state index in [2.05, 4.69) is 25.6 Å². The Hall–Kier alpha value is -1.96. The van der Waals surface area contributed by atoms with Crippen LogP contribution in [0.15, 0.2) is 18.2 Å². The predicted molar refractivity (Wildman–Crippen MR) is 102 cm³/mol. The van der Waals surface area contributed by atoms with Crippen molar-refractivity contribution in [2.45, 2.75) is 20.3 Å². The second kappa shape index (κ2) is 8.62. The number of halogens is 1. The number of rotatable bonds is 6. The number of piperazine rings is 1. The Morgan fingerprint density at radius 2 is 2.08 bits per heavy atom. The molecule has 1 aliphatic heterocycles. The lowest BCUT2D eigenvalue weighted by atomic mass is 10.3. The minimum atomic E-state index is -0.251. The summed E-state index contributed by atoms with van der Waals surface area (Å²) in [4.78, 5) is 19.3. The van der Waals surface area contributed by atoms with Gasteiger partial charge in [-0.2, -0.15) is 5.10 Å². The molecule has 1 amide bonds. The third-order valence-corrected chi connectivity index (χ3v) is 4.72. The van der Waals surface area contributed by atoms with Gasteiger partial charge in [-0.3, -0.25) is 4.79 Å². The van der Waals surface area contributed by atoms with E-state index in [1.54, 1.807) is 16.8 Å². The Bertz CT molecular complexity index is 769. The van der Waals surface area contributed by atoms with Crippen molar-refractivity contribution < 1.29 is 4.79 Å². The number of amides is 1. The van der Waals surface area contributed by atoms with Crippen molar-refractivity contribution in [2.24, 2.45) is 0 Å². The number of pyridine rings is 1. The first-order valence-electron chi connectivity index (χ1n) is 8.96. The summed E-state index contributed by atoms with van der Waals surface area (Å²) in [6.45, 7) is 9.64. The van der Waals surface area contributed by atoms with Gasteiger partial charge in [0.05, 0.1) is 10.7 Å². The molecular formula is C18H25ClN6O. The van der Waals surface area contributed by atoms with Gasteiger partial charge in [-0.1, -0.05) is 11.6 Å². The van der Waals surface area contributed by atoms with E-state index in [0.717, 1.165) is 50.5 Å². The van der Waals surface area contributed by atoms with Crippen LogP contribution in [0.1, 0.15) is 28.3 Å². The molecular weight excluding hydrogens is 352 g/mol. The van der Waals surface area contributed by atoms with Gasteiger partial charge in [-0.15, -0.1) is 0 Å². The molecule has 0 saturated carbocycles. The summed E-state index contributed by atoms with van der Waals surface area (Å²) in [5.41, 5.74) is 2.09. The predicted octanol–water partition coefficient (Wildman–Crippen LogP) is 1.56. The zero-order valence-electron chi connectivity index (χ0n) is 15.3. The van der Waals surface area contributed by atoms with E-state index in [1.165, 1.54) is 0 Å². The topological polar surface area (TPSA) is 75.1 Å². The van der Waals surface area contributed by atoms with E-state index in [9.17, 15) is 4.79 Å². The summed E-state index contributed by atoms with van der Waals surface area (Å²) in [5, 5.41) is 11.0. The van der Waals surface area contributed by atoms with Gasteiger partial charge in [0.1, 0.15) is 5.69 Å². The summed E-state index contributed by atoms with van der Waals surface area (Å²) in [5.74, 6) is 0.338. The Morgan fingerprint density at radius 3 is 2.77 bits per heavy atom. The number of carbonyl (C=O) groups is 1. The van der Waals surface area contributed by atoms with Crippen LogP contribution < -0.4 is 10.6 Å². The summed E-state index contributed by atoms with van der Waals surface area (Å²) >= 11 is 6.19. The van der Waals surface area contributed by atoms with Crippen molar-refractivity contribution in [1.29, 1.82) is 0 Å². The lowest BCUT2D eigenvalue weighted by molar-refractivity contribution is 0.0946. The highest BCUT2D eigenvalue weighted by molar-refractivity contribution is 6.33. The maximum atomic E-state index is 12.5. The van der Waals surface area contributed by atoms with Crippen LogP contribution in [0, 0.1) is 13.8 Å². The first-order valence-corrected chi connectivity index (χ1v) is 9.34. The fraction of sp³-hybridized carbons (Fsp3) is 0.500. The SMILES string of the molecule is Cc1cc(C)n(-c2ccc(Cl)c(C(=O)NCCCN3CCNCC3)n2)n1. The Kier molecular flexibility index (Phi) is 6.24. The molecule has 0 unspecified atom stereocenters. The number of carbonyl (C=O) groups excluding carboxylic acids is 1. The zero-order chi connectivity index (χ0) is 18.5. The molecule has 1 saturated heterocycles. The van der Waals surface area contributed by atoms with Crippen LogP contribution in [0.3, 0.4) is 0 Å². The molecule has 2 aromatic heterocycles. The number of aryl methyl sites for hydroxylation is 2. The zero-order valence-corrected chi connectivity index (χ0v) is 16.0. The normalized spacial score (nSPS) is 15.2. The smallest absolute Gasteiger partial charge is 0.271 e. The molecule has 26 heavy (non-hydrogen) atoms. The van der Waals surface area contributed by atoms with E-state index in [0.29, 0.717) is 17.4 Å². The van der Waals surface area contributed by atoms with Crippen molar-refractivity contribution in [1.82, 2.24) is 30.3 Å². The minimum Gasteiger partial charge on any atom is -0.351 e. The van der Waals surface area contributed by atoms with Gasteiger partial charge in [0.2, 0.25) is 0 Å². The van der Waals surface area contributed by atoms with Crippen LogP contribution in [-0.4, -0.2) is 64.8 Å². The fourth-order valence-electron chi connectivity index (χ4n) is 3.09. The molecule has 0 bridgehead atoms. The molecule has 0 atom stereocenters. The monoisotopic (exact) mass is 376 g/mol. The maximum Gasteiger partial charge on any atom is 0.271 e. The van der Waals surface area contributed by atoms with Gasteiger partial charge < -0.3 is 15.5 Å². The largest absolute Gasteiger partial charge is 0.351 e. The van der Waals surface area contributed by atoms with Crippen LogP contribution in [-0.2, 0) is 0 Å². The highest BCUT2D eigenvalue weighted by atomic mass is 35.5. The molecule has 8 heteroatoms. The first kappa shape index (κ1) is 18.8. The molecule has 1 aliphatic rings. The Labute approximate surface area is 158 Å². The summed E-state index contributed by atoms with van der Waals surface area (Å²) < 4.78 is 1.72. The molecule has 3 rings (SSSR count). The number of hydrogen-bond donors (Lipinski definition) is 2. The van der Waals surface area contributed by atoms with Gasteiger partial charge in [0, 0.05) is 38.4 Å². The fourth-order valence-corrected chi connectivity index (χ4v) is 3.28. The van der Waals surface area contributed by atoms with Gasteiger partial charge in [0.15, 0.2) is 5.82 Å². The van der Waals surface area contributed by atoms with Gasteiger partial charge in [-0.05, 0) is 45.0 Å². The lowest BCUT2D eigenvalue weighted by Gasteiger charge is -2.27. The van der Waals surface area contributed by atoms with Crippen molar-refractivity contribution >= 4 is 17.5 Å². The second-order valence-electron chi connectivity index (χ2n) is 6.54. The van der Waals surface area contributed by atoms with Crippen LogP contribution in [0.4, 0.5) is 0 Å². The number of aromatic nitrogens is 3. The first-order chi connectivity index (χ1) is 12.5. The molecule has 3 heterocycles. The molecule has 1 fully saturated rings. The second-order valence-corrected chi connectivity index (χ2v) is 6.95. The molecule has 140 valence electrons. The van der Waals surface area contributed by atoms with Crippen molar-refractivity contribution in [3.8, 4) is 5.82 Å². The van der Waals surface area contributed by atoms with Gasteiger partial charge in [0.25, 0.3) is 5.91 Å². The van der Waals surface area contributed by atoms with Crippen LogP contribution in [0.25, 0.3) is 5.82 Å². The number of nitrogens with zero attached hydrogens (tertiary/aromatic N) is 4. The quantitative estimate of drug-likeness (QED) is 0.748. The third-order valence-electron chi connectivity index (χ3n) is 4.42. The average Bonchev–Trinajstić information content (AvgIpc) is 2.98. The number of nitrogens with one attached hydrogen (secondary N) is 2. The Balaban J connectivity index is 1.59. The summed E-state index contributed by atoms with van der Waals surface area (Å²) in [6.07, 6.45) is 0.903. The molecule has 0 aromatic carbocycles. The molecule has 2 aromatic rings. The maximum absolute atomic E-state index is 12.5. The minimum absolute atomic E-state index is 0.235. The van der Waals surface area contributed by atoms with Crippen LogP contribution in [0.5, 0.6) is 0 Å². The van der Waals surface area contributed by atoms with Crippen LogP contribution in [0.2, 0.25) is 5.02 Å². The van der Waals surface area contributed by atoms with Gasteiger partial charge in [-0.25, -0.2) is 9.67 Å².